The van der Waals surface area contributed by atoms with Crippen molar-refractivity contribution in [3.63, 3.8) is 0 Å². The number of nitrogens with two attached hydrogens (primary N) is 1. The van der Waals surface area contributed by atoms with Crippen LogP contribution in [0.4, 0.5) is 5.88 Å². The molecule has 2 rings (SSSR count). The molecule has 5 nitrogen and oxygen atoms in total. The molecule has 0 atom stereocenters. The fourth-order valence-corrected chi connectivity index (χ4v) is 1.74. The summed E-state index contributed by atoms with van der Waals surface area (Å²) >= 11 is 3.37. The highest BCUT2D eigenvalue weighted by atomic mass is 79.9. The Balaban J connectivity index is 2.60. The SMILES string of the molecule is COc1cncc(Br)c1-c1cc(N)on1. The molecular weight excluding hydrogens is 262 g/mol. The van der Waals surface area contributed by atoms with Crippen LogP contribution in [0.5, 0.6) is 5.75 Å². The summed E-state index contributed by atoms with van der Waals surface area (Å²) in [7, 11) is 1.57. The molecule has 78 valence electrons. The number of hydrogen-bond acceptors (Lipinski definition) is 5. The maximum absolute atomic E-state index is 5.46. The number of rotatable bonds is 2. The predicted octanol–water partition coefficient (Wildman–Crippen LogP) is 2.09. The van der Waals surface area contributed by atoms with Crippen molar-refractivity contribution in [2.75, 3.05) is 12.8 Å². The van der Waals surface area contributed by atoms with E-state index in [-0.39, 0.29) is 5.88 Å². The van der Waals surface area contributed by atoms with E-state index in [2.05, 4.69) is 26.1 Å². The fraction of sp³-hybridized carbons (Fsp3) is 0.111. The molecule has 0 unspecified atom stereocenters. The molecule has 0 spiro atoms. The van der Waals surface area contributed by atoms with Crippen LogP contribution < -0.4 is 10.5 Å². The highest BCUT2D eigenvalue weighted by Crippen LogP contribution is 2.35. The van der Waals surface area contributed by atoms with Crippen molar-refractivity contribution in [3.8, 4) is 17.0 Å². The van der Waals surface area contributed by atoms with Gasteiger partial charge in [0.2, 0.25) is 5.88 Å². The number of nitrogen functional groups attached to an aromatic ring is 1. The number of methoxy groups -OCH3 is 1. The Bertz CT molecular complexity index is 484. The highest BCUT2D eigenvalue weighted by molar-refractivity contribution is 9.10. The van der Waals surface area contributed by atoms with E-state index in [1.807, 2.05) is 0 Å². The lowest BCUT2D eigenvalue weighted by Gasteiger charge is -2.06. The lowest BCUT2D eigenvalue weighted by atomic mass is 10.2. The molecule has 2 aromatic heterocycles. The topological polar surface area (TPSA) is 74.2 Å². The van der Waals surface area contributed by atoms with Gasteiger partial charge in [-0.2, -0.15) is 0 Å². The minimum atomic E-state index is 0.260. The maximum Gasteiger partial charge on any atom is 0.222 e. The largest absolute Gasteiger partial charge is 0.494 e. The first-order chi connectivity index (χ1) is 7.22. The van der Waals surface area contributed by atoms with Crippen LogP contribution >= 0.6 is 15.9 Å². The normalized spacial score (nSPS) is 10.3. The minimum absolute atomic E-state index is 0.260. The summed E-state index contributed by atoms with van der Waals surface area (Å²) in [4.78, 5) is 3.99. The standard InChI is InChI=1S/C9H8BrN3O2/c1-14-7-4-12-3-5(10)9(7)6-2-8(11)15-13-6/h2-4H,11H2,1H3. The first-order valence-electron chi connectivity index (χ1n) is 4.12. The summed E-state index contributed by atoms with van der Waals surface area (Å²) in [5.41, 5.74) is 6.84. The molecule has 0 aliphatic carbocycles. The second-order valence-corrected chi connectivity index (χ2v) is 3.67. The van der Waals surface area contributed by atoms with E-state index < -0.39 is 0 Å². The van der Waals surface area contributed by atoms with Gasteiger partial charge in [0.05, 0.1) is 18.9 Å². The molecule has 0 aromatic carbocycles. The number of aromatic nitrogens is 2. The molecule has 2 aromatic rings. The van der Waals surface area contributed by atoms with Crippen LogP contribution in [0.15, 0.2) is 27.5 Å². The maximum atomic E-state index is 5.46. The average molecular weight is 270 g/mol. The third-order valence-corrected chi connectivity index (χ3v) is 2.47. The zero-order chi connectivity index (χ0) is 10.8. The van der Waals surface area contributed by atoms with Crippen LogP contribution in [0, 0.1) is 0 Å². The Morgan fingerprint density at radius 1 is 1.47 bits per heavy atom. The van der Waals surface area contributed by atoms with Gasteiger partial charge in [0, 0.05) is 16.7 Å². The molecule has 6 heteroatoms. The highest BCUT2D eigenvalue weighted by Gasteiger charge is 2.14. The van der Waals surface area contributed by atoms with Gasteiger partial charge in [0.25, 0.3) is 0 Å². The first kappa shape index (κ1) is 9.97. The lowest BCUT2D eigenvalue weighted by Crippen LogP contribution is -1.90. The van der Waals surface area contributed by atoms with E-state index in [0.29, 0.717) is 11.4 Å². The zero-order valence-corrected chi connectivity index (χ0v) is 9.48. The molecule has 0 fully saturated rings. The summed E-state index contributed by atoms with van der Waals surface area (Å²) in [6, 6.07) is 1.63. The molecule has 15 heavy (non-hydrogen) atoms. The number of pyridine rings is 1. The van der Waals surface area contributed by atoms with E-state index in [4.69, 9.17) is 15.0 Å². The number of nitrogens with zero attached hydrogens (tertiary/aromatic N) is 2. The second kappa shape index (κ2) is 3.90. The summed E-state index contributed by atoms with van der Waals surface area (Å²) in [5, 5.41) is 3.82. The molecule has 0 amide bonds. The van der Waals surface area contributed by atoms with E-state index in [0.717, 1.165) is 10.0 Å². The summed E-state index contributed by atoms with van der Waals surface area (Å²) in [6.07, 6.45) is 3.26. The van der Waals surface area contributed by atoms with Crippen molar-refractivity contribution in [2.24, 2.45) is 0 Å². The number of halogens is 1. The Kier molecular flexibility index (Phi) is 2.59. The van der Waals surface area contributed by atoms with Crippen molar-refractivity contribution < 1.29 is 9.26 Å². The van der Waals surface area contributed by atoms with Gasteiger partial charge in [-0.15, -0.1) is 0 Å². The van der Waals surface area contributed by atoms with Gasteiger partial charge in [0.15, 0.2) is 0 Å². The zero-order valence-electron chi connectivity index (χ0n) is 7.90. The van der Waals surface area contributed by atoms with Crippen molar-refractivity contribution >= 4 is 21.8 Å². The summed E-state index contributed by atoms with van der Waals surface area (Å²) < 4.78 is 10.8. The van der Waals surface area contributed by atoms with Crippen LogP contribution in [-0.4, -0.2) is 17.3 Å². The van der Waals surface area contributed by atoms with Gasteiger partial charge in [-0.1, -0.05) is 5.16 Å². The van der Waals surface area contributed by atoms with Gasteiger partial charge >= 0.3 is 0 Å². The molecule has 2 heterocycles. The molecule has 0 aliphatic heterocycles. The molecule has 2 N–H and O–H groups in total. The van der Waals surface area contributed by atoms with E-state index in [9.17, 15) is 0 Å². The van der Waals surface area contributed by atoms with Gasteiger partial charge in [-0.3, -0.25) is 4.98 Å². The van der Waals surface area contributed by atoms with Crippen LogP contribution in [0.1, 0.15) is 0 Å². The van der Waals surface area contributed by atoms with Gasteiger partial charge in [0.1, 0.15) is 11.4 Å². The van der Waals surface area contributed by atoms with Crippen LogP contribution in [0.2, 0.25) is 0 Å². The van der Waals surface area contributed by atoms with E-state index in [1.165, 1.54) is 0 Å². The summed E-state index contributed by atoms with van der Waals surface area (Å²) in [6.45, 7) is 0. The lowest BCUT2D eigenvalue weighted by molar-refractivity contribution is 0.412. The molecule has 0 saturated heterocycles. The minimum Gasteiger partial charge on any atom is -0.494 e. The molecule has 0 radical (unpaired) electrons. The van der Waals surface area contributed by atoms with Crippen molar-refractivity contribution in [1.29, 1.82) is 0 Å². The Morgan fingerprint density at radius 2 is 2.27 bits per heavy atom. The van der Waals surface area contributed by atoms with Gasteiger partial charge in [-0.05, 0) is 15.9 Å². The Hall–Kier alpha value is -1.56. The third kappa shape index (κ3) is 1.80. The van der Waals surface area contributed by atoms with Gasteiger partial charge in [-0.25, -0.2) is 0 Å². The number of ether oxygens (including phenoxy) is 1. The molecule has 0 saturated carbocycles. The molecule has 0 bridgehead atoms. The Labute approximate surface area is 94.4 Å². The Morgan fingerprint density at radius 3 is 2.87 bits per heavy atom. The summed E-state index contributed by atoms with van der Waals surface area (Å²) in [5.74, 6) is 0.869. The van der Waals surface area contributed by atoms with E-state index >= 15 is 0 Å². The molecule has 0 aliphatic rings. The average Bonchev–Trinajstić information content (AvgIpc) is 2.64. The number of hydrogen-bond donors (Lipinski definition) is 1. The van der Waals surface area contributed by atoms with Crippen LogP contribution in [0.3, 0.4) is 0 Å². The smallest absolute Gasteiger partial charge is 0.222 e. The van der Waals surface area contributed by atoms with Crippen molar-refractivity contribution in [2.45, 2.75) is 0 Å². The van der Waals surface area contributed by atoms with Crippen LogP contribution in [0.25, 0.3) is 11.3 Å². The van der Waals surface area contributed by atoms with E-state index in [1.54, 1.807) is 25.6 Å². The van der Waals surface area contributed by atoms with Gasteiger partial charge < -0.3 is 15.0 Å². The van der Waals surface area contributed by atoms with Crippen molar-refractivity contribution in [3.05, 3.63) is 22.9 Å². The number of anilines is 1. The quantitative estimate of drug-likeness (QED) is 0.904. The predicted molar refractivity (Wildman–Crippen MR) is 58.4 cm³/mol. The van der Waals surface area contributed by atoms with Crippen molar-refractivity contribution in [1.82, 2.24) is 10.1 Å². The fourth-order valence-electron chi connectivity index (χ4n) is 1.23. The molecular formula is C9H8BrN3O2. The third-order valence-electron chi connectivity index (χ3n) is 1.87. The monoisotopic (exact) mass is 269 g/mol. The second-order valence-electron chi connectivity index (χ2n) is 2.81. The van der Waals surface area contributed by atoms with Crippen LogP contribution in [-0.2, 0) is 0 Å². The first-order valence-corrected chi connectivity index (χ1v) is 4.91.